The maximum Gasteiger partial charge on any atom is 0.233 e. The summed E-state index contributed by atoms with van der Waals surface area (Å²) in [5.74, 6) is 2.49. The summed E-state index contributed by atoms with van der Waals surface area (Å²) in [4.78, 5) is 28.4. The lowest BCUT2D eigenvalue weighted by molar-refractivity contribution is -0.145. The quantitative estimate of drug-likeness (QED) is 0.550. The fourth-order valence-electron chi connectivity index (χ4n) is 7.91. The Kier molecular flexibility index (Phi) is 2.35. The molecule has 0 aromatic heterocycles. The Labute approximate surface area is 137 Å². The van der Waals surface area contributed by atoms with Gasteiger partial charge in [0.25, 0.3) is 0 Å². The number of hydrogen-bond donors (Lipinski definition) is 0. The van der Waals surface area contributed by atoms with Crippen molar-refractivity contribution in [1.29, 1.82) is 0 Å². The van der Waals surface area contributed by atoms with E-state index in [9.17, 15) is 9.59 Å². The van der Waals surface area contributed by atoms with E-state index in [1.807, 2.05) is 0 Å². The minimum absolute atomic E-state index is 0.0483. The Balaban J connectivity index is 1.42. The molecule has 5 aliphatic carbocycles. The molecule has 6 rings (SSSR count). The van der Waals surface area contributed by atoms with Crippen molar-refractivity contribution in [3.63, 3.8) is 0 Å². The van der Waals surface area contributed by atoms with Crippen LogP contribution in [0, 0.1) is 35.0 Å². The molecule has 2 amide bonds. The highest BCUT2D eigenvalue weighted by Gasteiger charge is 2.75. The highest BCUT2D eigenvalue weighted by molar-refractivity contribution is 6.07. The highest BCUT2D eigenvalue weighted by atomic mass is 16.2. The molecule has 4 bridgehead atoms. The molecule has 6 atom stereocenters. The zero-order chi connectivity index (χ0) is 15.3. The largest absolute Gasteiger partial charge is 0.279 e. The van der Waals surface area contributed by atoms with Gasteiger partial charge in [0.2, 0.25) is 11.8 Å². The first-order valence-electron chi connectivity index (χ1n) is 9.75. The topological polar surface area (TPSA) is 37.4 Å². The average molecular weight is 311 g/mol. The maximum atomic E-state index is 13.3. The second-order valence-electron chi connectivity index (χ2n) is 9.19. The van der Waals surface area contributed by atoms with E-state index in [4.69, 9.17) is 0 Å². The Bertz CT molecular complexity index is 646. The van der Waals surface area contributed by atoms with Crippen LogP contribution in [-0.4, -0.2) is 22.8 Å². The van der Waals surface area contributed by atoms with Crippen LogP contribution in [0.2, 0.25) is 0 Å². The fourth-order valence-corrected chi connectivity index (χ4v) is 7.91. The lowest BCUT2D eigenvalue weighted by Crippen LogP contribution is -2.44. The third kappa shape index (κ3) is 1.36. The average Bonchev–Trinajstić information content (AvgIpc) is 3.22. The second kappa shape index (κ2) is 4.10. The number of carbonyl (C=O) groups is 2. The Morgan fingerprint density at radius 2 is 1.87 bits per heavy atom. The Morgan fingerprint density at radius 3 is 2.70 bits per heavy atom. The summed E-state index contributed by atoms with van der Waals surface area (Å²) in [5, 5.41) is 0. The molecule has 0 aromatic rings. The first-order valence-corrected chi connectivity index (χ1v) is 9.75. The van der Waals surface area contributed by atoms with Gasteiger partial charge in [0, 0.05) is 6.04 Å². The number of allylic oxidation sites excluding steroid dienone is 2. The Hall–Kier alpha value is -1.12. The summed E-state index contributed by atoms with van der Waals surface area (Å²) in [6.45, 7) is 0. The second-order valence-corrected chi connectivity index (χ2v) is 9.19. The molecule has 0 N–H and O–H groups in total. The van der Waals surface area contributed by atoms with E-state index in [0.29, 0.717) is 11.8 Å². The summed E-state index contributed by atoms with van der Waals surface area (Å²) >= 11 is 0. The number of likely N-dealkylation sites (tertiary alicyclic amines) is 1. The molecular weight excluding hydrogens is 286 g/mol. The van der Waals surface area contributed by atoms with E-state index in [0.717, 1.165) is 25.2 Å². The van der Waals surface area contributed by atoms with Gasteiger partial charge in [-0.25, -0.2) is 0 Å². The molecule has 6 aliphatic rings. The predicted octanol–water partition coefficient (Wildman–Crippen LogP) is 3.30. The first-order chi connectivity index (χ1) is 11.2. The molecule has 4 saturated carbocycles. The number of nitrogens with zero attached hydrogens (tertiary/aromatic N) is 1. The number of hydrogen-bond acceptors (Lipinski definition) is 2. The molecular formula is C20H25NO2. The van der Waals surface area contributed by atoms with Gasteiger partial charge in [0.1, 0.15) is 0 Å². The summed E-state index contributed by atoms with van der Waals surface area (Å²) < 4.78 is 0. The van der Waals surface area contributed by atoms with Crippen molar-refractivity contribution < 1.29 is 9.59 Å². The summed E-state index contributed by atoms with van der Waals surface area (Å²) in [7, 11) is 0. The number of rotatable bonds is 1. The van der Waals surface area contributed by atoms with Crippen LogP contribution in [0.1, 0.15) is 57.8 Å². The zero-order valence-electron chi connectivity index (χ0n) is 13.7. The van der Waals surface area contributed by atoms with Crippen LogP contribution in [0.15, 0.2) is 11.6 Å². The molecule has 23 heavy (non-hydrogen) atoms. The van der Waals surface area contributed by atoms with Gasteiger partial charge in [-0.1, -0.05) is 30.9 Å². The summed E-state index contributed by atoms with van der Waals surface area (Å²) in [5.41, 5.74) is 1.78. The van der Waals surface area contributed by atoms with Crippen molar-refractivity contribution in [2.75, 3.05) is 0 Å². The smallest absolute Gasteiger partial charge is 0.233 e. The van der Waals surface area contributed by atoms with Gasteiger partial charge in [-0.3, -0.25) is 14.5 Å². The van der Waals surface area contributed by atoms with Crippen molar-refractivity contribution in [2.24, 2.45) is 35.0 Å². The van der Waals surface area contributed by atoms with E-state index < -0.39 is 0 Å². The standard InChI is InChI=1S/C20H25NO2/c22-18-16-14-10-20(9-11-6-7-13(14)15(20)8-11)17(16)19(23)21(18)12-4-2-1-3-5-12/h6,12-17H,1-5,7-10H2. The number of carbonyl (C=O) groups excluding carboxylic acids is 2. The van der Waals surface area contributed by atoms with Crippen LogP contribution < -0.4 is 0 Å². The molecule has 5 fully saturated rings. The van der Waals surface area contributed by atoms with E-state index in [1.165, 1.54) is 38.5 Å². The lowest BCUT2D eigenvalue weighted by atomic mass is 9.62. The van der Waals surface area contributed by atoms with E-state index in [-0.39, 0.29) is 35.1 Å². The minimum Gasteiger partial charge on any atom is -0.279 e. The fraction of sp³-hybridized carbons (Fsp3) is 0.800. The molecule has 0 aromatic carbocycles. The van der Waals surface area contributed by atoms with Gasteiger partial charge in [-0.2, -0.15) is 0 Å². The predicted molar refractivity (Wildman–Crippen MR) is 85.2 cm³/mol. The van der Waals surface area contributed by atoms with Crippen LogP contribution in [0.25, 0.3) is 0 Å². The molecule has 1 spiro atoms. The minimum atomic E-state index is 0.0483. The van der Waals surface area contributed by atoms with Gasteiger partial charge in [-0.05, 0) is 61.7 Å². The van der Waals surface area contributed by atoms with Gasteiger partial charge < -0.3 is 0 Å². The number of amides is 2. The molecule has 122 valence electrons. The molecule has 3 nitrogen and oxygen atoms in total. The Morgan fingerprint density at radius 1 is 1.04 bits per heavy atom. The molecule has 3 heteroatoms. The molecule has 1 aliphatic heterocycles. The maximum absolute atomic E-state index is 13.3. The molecule has 6 unspecified atom stereocenters. The summed E-state index contributed by atoms with van der Waals surface area (Å²) in [6, 6.07) is 0.224. The van der Waals surface area contributed by atoms with Crippen LogP contribution in [0.3, 0.4) is 0 Å². The van der Waals surface area contributed by atoms with Crippen LogP contribution in [0.5, 0.6) is 0 Å². The van der Waals surface area contributed by atoms with Crippen molar-refractivity contribution in [1.82, 2.24) is 4.90 Å². The van der Waals surface area contributed by atoms with Crippen molar-refractivity contribution in [3.8, 4) is 0 Å². The third-order valence-corrected chi connectivity index (χ3v) is 8.54. The van der Waals surface area contributed by atoms with E-state index in [1.54, 1.807) is 10.5 Å². The first kappa shape index (κ1) is 13.2. The van der Waals surface area contributed by atoms with Gasteiger partial charge >= 0.3 is 0 Å². The highest BCUT2D eigenvalue weighted by Crippen LogP contribution is 2.76. The lowest BCUT2D eigenvalue weighted by Gasteiger charge is -2.39. The van der Waals surface area contributed by atoms with E-state index in [2.05, 4.69) is 6.08 Å². The zero-order valence-corrected chi connectivity index (χ0v) is 13.7. The molecule has 1 heterocycles. The monoisotopic (exact) mass is 311 g/mol. The van der Waals surface area contributed by atoms with Gasteiger partial charge in [0.05, 0.1) is 11.8 Å². The normalized spacial score (nSPS) is 50.7. The molecule has 0 radical (unpaired) electrons. The third-order valence-electron chi connectivity index (χ3n) is 8.54. The van der Waals surface area contributed by atoms with E-state index >= 15 is 0 Å². The van der Waals surface area contributed by atoms with Crippen LogP contribution >= 0.6 is 0 Å². The SMILES string of the molecule is O=C1C2C3CC4(CC5=CCC3C4C5)C2C(=O)N1C1CCCCC1. The van der Waals surface area contributed by atoms with Crippen molar-refractivity contribution >= 4 is 11.8 Å². The van der Waals surface area contributed by atoms with Gasteiger partial charge in [0.15, 0.2) is 0 Å². The van der Waals surface area contributed by atoms with Crippen LogP contribution in [0.4, 0.5) is 0 Å². The summed E-state index contributed by atoms with van der Waals surface area (Å²) in [6.07, 6.45) is 12.9. The van der Waals surface area contributed by atoms with Gasteiger partial charge in [-0.15, -0.1) is 0 Å². The molecule has 1 saturated heterocycles. The van der Waals surface area contributed by atoms with Crippen LogP contribution in [-0.2, 0) is 9.59 Å². The number of imide groups is 1. The van der Waals surface area contributed by atoms with Crippen molar-refractivity contribution in [3.05, 3.63) is 11.6 Å². The van der Waals surface area contributed by atoms with Crippen molar-refractivity contribution in [2.45, 2.75) is 63.8 Å². The number of fused-ring (bicyclic) bond motifs is 5.